The first kappa shape index (κ1) is 11.2. The van der Waals surface area contributed by atoms with E-state index in [4.69, 9.17) is 23.2 Å². The van der Waals surface area contributed by atoms with Gasteiger partial charge in [-0.05, 0) is 24.6 Å². The first-order chi connectivity index (χ1) is 7.66. The molecule has 0 aliphatic rings. The average molecular weight is 254 g/mol. The second-order valence-electron chi connectivity index (χ2n) is 3.30. The van der Waals surface area contributed by atoms with Gasteiger partial charge in [0.1, 0.15) is 0 Å². The molecule has 0 fully saturated rings. The molecule has 2 aromatic rings. The van der Waals surface area contributed by atoms with Gasteiger partial charge in [-0.2, -0.15) is 0 Å². The lowest BCUT2D eigenvalue weighted by molar-refractivity contribution is 1.20. The van der Waals surface area contributed by atoms with Crippen LogP contribution >= 0.6 is 23.2 Å². The molecule has 0 aliphatic heterocycles. The fourth-order valence-corrected chi connectivity index (χ4v) is 1.58. The minimum Gasteiger partial charge on any atom is -0.336 e. The summed E-state index contributed by atoms with van der Waals surface area (Å²) in [6.45, 7) is 1.99. The third-order valence-corrected chi connectivity index (χ3v) is 2.63. The third kappa shape index (κ3) is 2.43. The van der Waals surface area contributed by atoms with Gasteiger partial charge in [0, 0.05) is 12.4 Å². The number of anilines is 2. The Hall–Kier alpha value is -1.32. The van der Waals surface area contributed by atoms with Gasteiger partial charge in [-0.15, -0.1) is 0 Å². The summed E-state index contributed by atoms with van der Waals surface area (Å²) in [6.07, 6.45) is 3.10. The number of nitrogens with one attached hydrogen (secondary N) is 1. The molecule has 0 spiro atoms. The molecule has 1 aromatic heterocycles. The molecule has 0 bridgehead atoms. The Bertz CT molecular complexity index is 514. The molecule has 82 valence electrons. The fraction of sp³-hybridized carbons (Fsp3) is 0.0909. The van der Waals surface area contributed by atoms with Gasteiger partial charge >= 0.3 is 0 Å². The molecule has 0 unspecified atom stereocenters. The Kier molecular flexibility index (Phi) is 3.27. The van der Waals surface area contributed by atoms with Crippen LogP contribution in [0.1, 0.15) is 5.56 Å². The first-order valence-electron chi connectivity index (χ1n) is 4.66. The molecule has 0 aliphatic carbocycles. The predicted octanol–water partition coefficient (Wildman–Crippen LogP) is 3.84. The molecule has 0 saturated heterocycles. The zero-order valence-electron chi connectivity index (χ0n) is 8.54. The Labute approximate surface area is 103 Å². The number of rotatable bonds is 2. The standard InChI is InChI=1S/C11H9Cl2N3/c1-7-2-3-8(12)9(6-7)16-11-10(13)14-4-5-15-11/h2-6H,1H3,(H,15,16). The lowest BCUT2D eigenvalue weighted by atomic mass is 10.2. The van der Waals surface area contributed by atoms with Crippen molar-refractivity contribution in [3.63, 3.8) is 0 Å². The lowest BCUT2D eigenvalue weighted by Gasteiger charge is -2.08. The Morgan fingerprint density at radius 3 is 2.62 bits per heavy atom. The third-order valence-electron chi connectivity index (χ3n) is 2.03. The van der Waals surface area contributed by atoms with Crippen molar-refractivity contribution in [2.24, 2.45) is 0 Å². The summed E-state index contributed by atoms with van der Waals surface area (Å²) in [5, 5.41) is 3.98. The van der Waals surface area contributed by atoms with Gasteiger partial charge in [0.05, 0.1) is 10.7 Å². The van der Waals surface area contributed by atoms with Crippen molar-refractivity contribution >= 4 is 34.7 Å². The molecule has 1 aromatic carbocycles. The SMILES string of the molecule is Cc1ccc(Cl)c(Nc2nccnc2Cl)c1. The highest BCUT2D eigenvalue weighted by molar-refractivity contribution is 6.34. The van der Waals surface area contributed by atoms with Gasteiger partial charge in [-0.3, -0.25) is 0 Å². The highest BCUT2D eigenvalue weighted by atomic mass is 35.5. The van der Waals surface area contributed by atoms with E-state index in [-0.39, 0.29) is 0 Å². The number of aromatic nitrogens is 2. The quantitative estimate of drug-likeness (QED) is 0.884. The molecule has 2 rings (SSSR count). The number of nitrogens with zero attached hydrogens (tertiary/aromatic N) is 2. The smallest absolute Gasteiger partial charge is 0.171 e. The zero-order valence-corrected chi connectivity index (χ0v) is 10.0. The average Bonchev–Trinajstić information content (AvgIpc) is 2.27. The molecule has 0 radical (unpaired) electrons. The molecule has 0 saturated carbocycles. The van der Waals surface area contributed by atoms with Crippen molar-refractivity contribution in [3.8, 4) is 0 Å². The van der Waals surface area contributed by atoms with Gasteiger partial charge in [0.15, 0.2) is 11.0 Å². The van der Waals surface area contributed by atoms with Gasteiger partial charge in [-0.25, -0.2) is 9.97 Å². The van der Waals surface area contributed by atoms with Gasteiger partial charge in [-0.1, -0.05) is 29.3 Å². The number of benzene rings is 1. The summed E-state index contributed by atoms with van der Waals surface area (Å²) in [7, 11) is 0. The molecule has 1 heterocycles. The molecule has 0 amide bonds. The molecule has 0 atom stereocenters. The second kappa shape index (κ2) is 4.68. The summed E-state index contributed by atoms with van der Waals surface area (Å²) in [5.74, 6) is 0.497. The van der Waals surface area contributed by atoms with Crippen LogP contribution in [0, 0.1) is 6.92 Å². The number of aryl methyl sites for hydroxylation is 1. The minimum atomic E-state index is 0.320. The number of hydrogen-bond acceptors (Lipinski definition) is 3. The maximum Gasteiger partial charge on any atom is 0.171 e. The van der Waals surface area contributed by atoms with Crippen LogP contribution in [0.5, 0.6) is 0 Å². The maximum absolute atomic E-state index is 6.04. The van der Waals surface area contributed by atoms with E-state index in [1.54, 1.807) is 6.20 Å². The molecule has 1 N–H and O–H groups in total. The van der Waals surface area contributed by atoms with Gasteiger partial charge in [0.2, 0.25) is 0 Å². The van der Waals surface area contributed by atoms with Crippen LogP contribution in [0.15, 0.2) is 30.6 Å². The molecular formula is C11H9Cl2N3. The summed E-state index contributed by atoms with van der Waals surface area (Å²) in [6, 6.07) is 5.68. The van der Waals surface area contributed by atoms with E-state index >= 15 is 0 Å². The van der Waals surface area contributed by atoms with Crippen LogP contribution in [-0.4, -0.2) is 9.97 Å². The molecule has 16 heavy (non-hydrogen) atoms. The molecular weight excluding hydrogens is 245 g/mol. The van der Waals surface area contributed by atoms with E-state index in [9.17, 15) is 0 Å². The topological polar surface area (TPSA) is 37.8 Å². The van der Waals surface area contributed by atoms with Crippen molar-refractivity contribution in [3.05, 3.63) is 46.3 Å². The van der Waals surface area contributed by atoms with Gasteiger partial charge < -0.3 is 5.32 Å². The summed E-state index contributed by atoms with van der Waals surface area (Å²) < 4.78 is 0. The first-order valence-corrected chi connectivity index (χ1v) is 5.42. The normalized spacial score (nSPS) is 10.2. The van der Waals surface area contributed by atoms with E-state index in [1.807, 2.05) is 25.1 Å². The van der Waals surface area contributed by atoms with E-state index in [1.165, 1.54) is 6.20 Å². The van der Waals surface area contributed by atoms with Gasteiger partial charge in [0.25, 0.3) is 0 Å². The number of halogens is 2. The second-order valence-corrected chi connectivity index (χ2v) is 4.07. The molecule has 5 heteroatoms. The van der Waals surface area contributed by atoms with Crippen LogP contribution in [0.4, 0.5) is 11.5 Å². The van der Waals surface area contributed by atoms with E-state index < -0.39 is 0 Å². The van der Waals surface area contributed by atoms with Crippen LogP contribution in [0.3, 0.4) is 0 Å². The van der Waals surface area contributed by atoms with Crippen molar-refractivity contribution in [1.29, 1.82) is 0 Å². The van der Waals surface area contributed by atoms with Crippen molar-refractivity contribution in [1.82, 2.24) is 9.97 Å². The summed E-state index contributed by atoms with van der Waals surface area (Å²) >= 11 is 11.9. The highest BCUT2D eigenvalue weighted by Gasteiger charge is 2.05. The zero-order chi connectivity index (χ0) is 11.5. The van der Waals surface area contributed by atoms with Crippen molar-refractivity contribution in [2.75, 3.05) is 5.32 Å². The Morgan fingerprint density at radius 1 is 1.12 bits per heavy atom. The Morgan fingerprint density at radius 2 is 1.88 bits per heavy atom. The van der Waals surface area contributed by atoms with Crippen LogP contribution < -0.4 is 5.32 Å². The molecule has 3 nitrogen and oxygen atoms in total. The summed E-state index contributed by atoms with van der Waals surface area (Å²) in [4.78, 5) is 8.00. The van der Waals surface area contributed by atoms with E-state index in [0.717, 1.165) is 11.3 Å². The predicted molar refractivity (Wildman–Crippen MR) is 66.5 cm³/mol. The largest absolute Gasteiger partial charge is 0.336 e. The fourth-order valence-electron chi connectivity index (χ4n) is 1.27. The van der Waals surface area contributed by atoms with Crippen LogP contribution in [-0.2, 0) is 0 Å². The highest BCUT2D eigenvalue weighted by Crippen LogP contribution is 2.27. The number of hydrogen-bond donors (Lipinski definition) is 1. The van der Waals surface area contributed by atoms with Crippen molar-refractivity contribution < 1.29 is 0 Å². The lowest BCUT2D eigenvalue weighted by Crippen LogP contribution is -1.96. The van der Waals surface area contributed by atoms with E-state index in [2.05, 4.69) is 15.3 Å². The summed E-state index contributed by atoms with van der Waals surface area (Å²) in [5.41, 5.74) is 1.87. The maximum atomic E-state index is 6.04. The van der Waals surface area contributed by atoms with Crippen molar-refractivity contribution in [2.45, 2.75) is 6.92 Å². The van der Waals surface area contributed by atoms with E-state index in [0.29, 0.717) is 16.0 Å². The Balaban J connectivity index is 2.34. The van der Waals surface area contributed by atoms with Crippen LogP contribution in [0.2, 0.25) is 10.2 Å². The monoisotopic (exact) mass is 253 g/mol. The minimum absolute atomic E-state index is 0.320. The van der Waals surface area contributed by atoms with Crippen LogP contribution in [0.25, 0.3) is 0 Å².